The van der Waals surface area contributed by atoms with Crippen LogP contribution < -0.4 is 4.74 Å². The molecule has 2 heteroatoms. The molecular weight excluding hydrogens is 316 g/mol. The summed E-state index contributed by atoms with van der Waals surface area (Å²) in [5.41, 5.74) is 2.63. The zero-order chi connectivity index (χ0) is 17.4. The minimum atomic E-state index is 0.339. The van der Waals surface area contributed by atoms with Gasteiger partial charge in [-0.2, -0.15) is 0 Å². The van der Waals surface area contributed by atoms with Crippen molar-refractivity contribution in [1.82, 2.24) is 0 Å². The summed E-state index contributed by atoms with van der Waals surface area (Å²) in [6.07, 6.45) is 4.86. The predicted octanol–water partition coefficient (Wildman–Crippen LogP) is 7.21. The summed E-state index contributed by atoms with van der Waals surface area (Å²) in [5.74, 6) is 1.98. The maximum Gasteiger partial charge on any atom is 0.122 e. The lowest BCUT2D eigenvalue weighted by Crippen LogP contribution is -2.09. The van der Waals surface area contributed by atoms with Crippen molar-refractivity contribution in [2.45, 2.75) is 58.3 Å². The molecule has 2 aromatic carbocycles. The molecule has 0 radical (unpaired) electrons. The highest BCUT2D eigenvalue weighted by molar-refractivity contribution is 6.30. The highest BCUT2D eigenvalue weighted by atomic mass is 35.5. The molecule has 0 spiro atoms. The molecule has 0 aliphatic carbocycles. The summed E-state index contributed by atoms with van der Waals surface area (Å²) in [7, 11) is 0. The first-order valence-electron chi connectivity index (χ1n) is 9.12. The van der Waals surface area contributed by atoms with Crippen molar-refractivity contribution in [3.8, 4) is 5.75 Å². The lowest BCUT2D eigenvalue weighted by Gasteiger charge is -2.21. The normalized spacial score (nSPS) is 12.4. The van der Waals surface area contributed by atoms with Crippen LogP contribution in [-0.4, -0.2) is 6.61 Å². The summed E-state index contributed by atoms with van der Waals surface area (Å²) in [6.45, 7) is 7.40. The van der Waals surface area contributed by atoms with Crippen LogP contribution in [0, 0.1) is 0 Å². The van der Waals surface area contributed by atoms with Crippen LogP contribution in [-0.2, 0) is 0 Å². The summed E-state index contributed by atoms with van der Waals surface area (Å²) in [6, 6.07) is 16.6. The number of rotatable bonds is 9. The molecule has 0 aliphatic rings. The summed E-state index contributed by atoms with van der Waals surface area (Å²) < 4.78 is 6.22. The molecule has 0 N–H and O–H groups in total. The van der Waals surface area contributed by atoms with Gasteiger partial charge in [-0.05, 0) is 48.1 Å². The van der Waals surface area contributed by atoms with Crippen LogP contribution in [0.15, 0.2) is 48.5 Å². The maximum atomic E-state index is 6.22. The van der Waals surface area contributed by atoms with E-state index < -0.39 is 0 Å². The van der Waals surface area contributed by atoms with Crippen molar-refractivity contribution in [2.75, 3.05) is 6.61 Å². The molecule has 0 aromatic heterocycles. The smallest absolute Gasteiger partial charge is 0.122 e. The van der Waals surface area contributed by atoms with E-state index in [9.17, 15) is 0 Å². The van der Waals surface area contributed by atoms with E-state index in [-0.39, 0.29) is 0 Å². The van der Waals surface area contributed by atoms with Crippen molar-refractivity contribution in [1.29, 1.82) is 0 Å². The Morgan fingerprint density at radius 1 is 0.917 bits per heavy atom. The lowest BCUT2D eigenvalue weighted by molar-refractivity contribution is 0.290. The van der Waals surface area contributed by atoms with Gasteiger partial charge in [0.2, 0.25) is 0 Å². The Balaban J connectivity index is 2.07. The van der Waals surface area contributed by atoms with Gasteiger partial charge in [-0.25, -0.2) is 0 Å². The van der Waals surface area contributed by atoms with Crippen molar-refractivity contribution in [3.63, 3.8) is 0 Å². The molecule has 1 unspecified atom stereocenters. The molecule has 2 rings (SSSR count). The van der Waals surface area contributed by atoms with Gasteiger partial charge in [-0.1, -0.05) is 75.5 Å². The largest absolute Gasteiger partial charge is 0.493 e. The fourth-order valence-corrected chi connectivity index (χ4v) is 3.33. The molecule has 2 aromatic rings. The molecule has 0 aliphatic heterocycles. The van der Waals surface area contributed by atoms with E-state index in [1.54, 1.807) is 0 Å². The number of para-hydroxylation sites is 1. The molecule has 0 fully saturated rings. The van der Waals surface area contributed by atoms with Crippen LogP contribution >= 0.6 is 11.6 Å². The molecule has 0 heterocycles. The molecule has 1 nitrogen and oxygen atoms in total. The Labute approximate surface area is 152 Å². The molecule has 0 amide bonds. The number of hydrogen-bond donors (Lipinski definition) is 0. The van der Waals surface area contributed by atoms with E-state index in [2.05, 4.69) is 57.2 Å². The highest BCUT2D eigenvalue weighted by Gasteiger charge is 2.15. The number of ether oxygens (including phenoxy) is 1. The minimum absolute atomic E-state index is 0.339. The quantitative estimate of drug-likeness (QED) is 0.467. The van der Waals surface area contributed by atoms with Gasteiger partial charge in [0.25, 0.3) is 0 Å². The van der Waals surface area contributed by atoms with Crippen molar-refractivity contribution in [3.05, 3.63) is 64.7 Å². The van der Waals surface area contributed by atoms with E-state index in [4.69, 9.17) is 16.3 Å². The topological polar surface area (TPSA) is 9.23 Å². The molecule has 1 atom stereocenters. The van der Waals surface area contributed by atoms with Crippen LogP contribution in [0.4, 0.5) is 0 Å². The van der Waals surface area contributed by atoms with Crippen LogP contribution in [0.3, 0.4) is 0 Å². The van der Waals surface area contributed by atoms with Gasteiger partial charge in [0.1, 0.15) is 5.75 Å². The van der Waals surface area contributed by atoms with Crippen LogP contribution in [0.5, 0.6) is 5.75 Å². The Morgan fingerprint density at radius 3 is 2.17 bits per heavy atom. The zero-order valence-corrected chi connectivity index (χ0v) is 15.9. The van der Waals surface area contributed by atoms with Crippen molar-refractivity contribution < 1.29 is 4.74 Å². The molecule has 130 valence electrons. The third-order valence-corrected chi connectivity index (χ3v) is 4.81. The zero-order valence-electron chi connectivity index (χ0n) is 15.1. The minimum Gasteiger partial charge on any atom is -0.493 e. The molecule has 24 heavy (non-hydrogen) atoms. The summed E-state index contributed by atoms with van der Waals surface area (Å²) in [4.78, 5) is 0. The average Bonchev–Trinajstić information content (AvgIpc) is 2.60. The Bertz CT molecular complexity index is 600. The van der Waals surface area contributed by atoms with E-state index in [0.717, 1.165) is 10.8 Å². The second-order valence-electron chi connectivity index (χ2n) is 6.58. The van der Waals surface area contributed by atoms with Crippen LogP contribution in [0.2, 0.25) is 5.02 Å². The van der Waals surface area contributed by atoms with Gasteiger partial charge in [0, 0.05) is 10.9 Å². The van der Waals surface area contributed by atoms with Gasteiger partial charge < -0.3 is 4.74 Å². The van der Waals surface area contributed by atoms with E-state index in [0.29, 0.717) is 18.4 Å². The SMILES string of the molecule is CCCC(CCC)c1ccccc1OCC(C)c1ccc(Cl)cc1. The lowest BCUT2D eigenvalue weighted by atomic mass is 9.90. The summed E-state index contributed by atoms with van der Waals surface area (Å²) in [5, 5.41) is 0.777. The van der Waals surface area contributed by atoms with E-state index >= 15 is 0 Å². The van der Waals surface area contributed by atoms with Crippen molar-refractivity contribution in [2.24, 2.45) is 0 Å². The Morgan fingerprint density at radius 2 is 1.54 bits per heavy atom. The van der Waals surface area contributed by atoms with Gasteiger partial charge in [0.05, 0.1) is 6.61 Å². The van der Waals surface area contributed by atoms with Gasteiger partial charge in [-0.3, -0.25) is 0 Å². The number of benzene rings is 2. The first-order chi connectivity index (χ1) is 11.7. The number of halogens is 1. The Hall–Kier alpha value is -1.47. The third-order valence-electron chi connectivity index (χ3n) is 4.56. The molecule has 0 saturated carbocycles. The Kier molecular flexibility index (Phi) is 7.65. The molecular formula is C22H29ClO. The number of hydrogen-bond acceptors (Lipinski definition) is 1. The van der Waals surface area contributed by atoms with Crippen LogP contribution in [0.1, 0.15) is 69.4 Å². The highest BCUT2D eigenvalue weighted by Crippen LogP contribution is 2.33. The monoisotopic (exact) mass is 344 g/mol. The molecule has 0 bridgehead atoms. The second-order valence-corrected chi connectivity index (χ2v) is 7.01. The standard InChI is InChI=1S/C22H29ClO/c1-4-8-19(9-5-2)21-10-6-7-11-22(21)24-16-17(3)18-12-14-20(23)15-13-18/h6-7,10-15,17,19H,4-5,8-9,16H2,1-3H3. The van der Waals surface area contributed by atoms with Gasteiger partial charge in [0.15, 0.2) is 0 Å². The van der Waals surface area contributed by atoms with E-state index in [1.807, 2.05) is 12.1 Å². The van der Waals surface area contributed by atoms with E-state index in [1.165, 1.54) is 36.8 Å². The predicted molar refractivity (Wildman–Crippen MR) is 104 cm³/mol. The third kappa shape index (κ3) is 5.27. The first-order valence-corrected chi connectivity index (χ1v) is 9.50. The van der Waals surface area contributed by atoms with Crippen molar-refractivity contribution >= 4 is 11.6 Å². The van der Waals surface area contributed by atoms with Gasteiger partial charge >= 0.3 is 0 Å². The van der Waals surface area contributed by atoms with Crippen LogP contribution in [0.25, 0.3) is 0 Å². The second kappa shape index (κ2) is 9.74. The summed E-state index contributed by atoms with van der Waals surface area (Å²) >= 11 is 5.97. The fourth-order valence-electron chi connectivity index (χ4n) is 3.20. The fraction of sp³-hybridized carbons (Fsp3) is 0.455. The average molecular weight is 345 g/mol. The maximum absolute atomic E-state index is 6.22. The van der Waals surface area contributed by atoms with Gasteiger partial charge in [-0.15, -0.1) is 0 Å². The molecule has 0 saturated heterocycles. The first kappa shape index (κ1) is 18.9.